The molecular weight excluding hydrogens is 305 g/mol. The zero-order valence-corrected chi connectivity index (χ0v) is 13.5. The Morgan fingerprint density at radius 2 is 1.88 bits per heavy atom. The molecule has 0 aromatic heterocycles. The molecule has 0 aliphatic carbocycles. The van der Waals surface area contributed by atoms with E-state index in [1.807, 2.05) is 12.1 Å². The number of amides is 1. The first-order valence-electron chi connectivity index (χ1n) is 8.23. The van der Waals surface area contributed by atoms with E-state index >= 15 is 0 Å². The van der Waals surface area contributed by atoms with E-state index in [0.29, 0.717) is 24.6 Å². The maximum atomic E-state index is 13.0. The molecular formula is C19H22FN3O. The molecule has 0 bridgehead atoms. The fraction of sp³-hybridized carbons (Fsp3) is 0.316. The lowest BCUT2D eigenvalue weighted by molar-refractivity contribution is 0.0948. The zero-order chi connectivity index (χ0) is 16.9. The average Bonchev–Trinajstić information content (AvgIpc) is 3.09. The van der Waals surface area contributed by atoms with Gasteiger partial charge in [-0.1, -0.05) is 12.1 Å². The van der Waals surface area contributed by atoms with Gasteiger partial charge in [0.25, 0.3) is 5.91 Å². The molecule has 5 heteroatoms. The highest BCUT2D eigenvalue weighted by Gasteiger charge is 2.23. The Kier molecular flexibility index (Phi) is 5.11. The lowest BCUT2D eigenvalue weighted by atomic mass is 10.1. The summed E-state index contributed by atoms with van der Waals surface area (Å²) in [6, 6.07) is 13.9. The van der Waals surface area contributed by atoms with E-state index < -0.39 is 0 Å². The van der Waals surface area contributed by atoms with Crippen LogP contribution in [-0.2, 0) is 6.54 Å². The van der Waals surface area contributed by atoms with Crippen LogP contribution in [0, 0.1) is 11.7 Å². The van der Waals surface area contributed by atoms with Gasteiger partial charge in [0.15, 0.2) is 0 Å². The van der Waals surface area contributed by atoms with Gasteiger partial charge in [0.2, 0.25) is 0 Å². The Bertz CT molecular complexity index is 685. The molecule has 0 radical (unpaired) electrons. The number of rotatable bonds is 5. The van der Waals surface area contributed by atoms with Gasteiger partial charge in [0, 0.05) is 37.4 Å². The molecule has 1 aliphatic rings. The number of nitrogens with zero attached hydrogens (tertiary/aromatic N) is 1. The number of benzene rings is 2. The molecule has 1 heterocycles. The van der Waals surface area contributed by atoms with E-state index in [-0.39, 0.29) is 11.7 Å². The molecule has 0 spiro atoms. The highest BCUT2D eigenvalue weighted by atomic mass is 19.1. The van der Waals surface area contributed by atoms with Crippen molar-refractivity contribution >= 4 is 11.6 Å². The highest BCUT2D eigenvalue weighted by molar-refractivity contribution is 5.94. The summed E-state index contributed by atoms with van der Waals surface area (Å²) in [6.07, 6.45) is 1.02. The van der Waals surface area contributed by atoms with Crippen molar-refractivity contribution < 1.29 is 9.18 Å². The molecule has 24 heavy (non-hydrogen) atoms. The van der Waals surface area contributed by atoms with E-state index in [1.165, 1.54) is 12.1 Å². The summed E-state index contributed by atoms with van der Waals surface area (Å²) in [4.78, 5) is 14.4. The summed E-state index contributed by atoms with van der Waals surface area (Å²) in [5.41, 5.74) is 8.26. The van der Waals surface area contributed by atoms with E-state index in [2.05, 4.69) is 10.2 Å². The van der Waals surface area contributed by atoms with Crippen molar-refractivity contribution in [3.8, 4) is 0 Å². The first-order valence-corrected chi connectivity index (χ1v) is 8.23. The fourth-order valence-corrected chi connectivity index (χ4v) is 3.02. The Labute approximate surface area is 141 Å². The number of nitrogens with one attached hydrogen (secondary N) is 1. The average molecular weight is 327 g/mol. The number of nitrogens with two attached hydrogens (primary N) is 1. The third-order valence-corrected chi connectivity index (χ3v) is 4.48. The first-order chi connectivity index (χ1) is 11.7. The second kappa shape index (κ2) is 7.45. The summed E-state index contributed by atoms with van der Waals surface area (Å²) in [6.45, 7) is 2.92. The van der Waals surface area contributed by atoms with Crippen LogP contribution in [0.2, 0.25) is 0 Å². The maximum absolute atomic E-state index is 13.0. The number of carbonyl (C=O) groups is 1. The summed E-state index contributed by atoms with van der Waals surface area (Å²) in [5, 5.41) is 3.00. The summed E-state index contributed by atoms with van der Waals surface area (Å²) >= 11 is 0. The van der Waals surface area contributed by atoms with Gasteiger partial charge in [-0.25, -0.2) is 4.39 Å². The van der Waals surface area contributed by atoms with E-state index in [1.54, 1.807) is 24.3 Å². The van der Waals surface area contributed by atoms with Gasteiger partial charge < -0.3 is 16.0 Å². The summed E-state index contributed by atoms with van der Waals surface area (Å²) < 4.78 is 13.0. The van der Waals surface area contributed by atoms with Crippen LogP contribution in [0.5, 0.6) is 0 Å². The molecule has 1 amide bonds. The lowest BCUT2D eigenvalue weighted by Gasteiger charge is -2.18. The van der Waals surface area contributed by atoms with Gasteiger partial charge in [-0.15, -0.1) is 0 Å². The smallest absolute Gasteiger partial charge is 0.251 e. The van der Waals surface area contributed by atoms with Crippen molar-refractivity contribution in [3.05, 3.63) is 65.5 Å². The van der Waals surface area contributed by atoms with E-state index in [0.717, 1.165) is 30.8 Å². The van der Waals surface area contributed by atoms with Gasteiger partial charge >= 0.3 is 0 Å². The number of hydrogen-bond acceptors (Lipinski definition) is 3. The lowest BCUT2D eigenvalue weighted by Crippen LogP contribution is -2.31. The Morgan fingerprint density at radius 1 is 1.17 bits per heavy atom. The van der Waals surface area contributed by atoms with Crippen LogP contribution in [0.15, 0.2) is 48.5 Å². The molecule has 2 aromatic carbocycles. The van der Waals surface area contributed by atoms with Crippen molar-refractivity contribution in [1.82, 2.24) is 5.32 Å². The van der Waals surface area contributed by atoms with Crippen molar-refractivity contribution in [2.75, 3.05) is 24.5 Å². The Hall–Kier alpha value is -2.40. The van der Waals surface area contributed by atoms with E-state index in [9.17, 15) is 9.18 Å². The maximum Gasteiger partial charge on any atom is 0.251 e. The standard InChI is InChI=1S/C19H22FN3O/c20-17-5-7-18(8-6-17)23-10-9-15(13-23)12-22-19(24)16-3-1-14(11-21)2-4-16/h1-8,15H,9-13,21H2,(H,22,24). The molecule has 1 unspecified atom stereocenters. The van der Waals surface area contributed by atoms with Gasteiger partial charge in [-0.05, 0) is 54.3 Å². The van der Waals surface area contributed by atoms with Gasteiger partial charge in [-0.3, -0.25) is 4.79 Å². The molecule has 126 valence electrons. The molecule has 0 saturated carbocycles. The molecule has 3 rings (SSSR count). The monoisotopic (exact) mass is 327 g/mol. The topological polar surface area (TPSA) is 58.4 Å². The van der Waals surface area contributed by atoms with Crippen LogP contribution in [0.1, 0.15) is 22.3 Å². The predicted molar refractivity (Wildman–Crippen MR) is 93.4 cm³/mol. The second-order valence-corrected chi connectivity index (χ2v) is 6.19. The largest absolute Gasteiger partial charge is 0.371 e. The van der Waals surface area contributed by atoms with Crippen LogP contribution >= 0.6 is 0 Å². The predicted octanol–water partition coefficient (Wildman–Crippen LogP) is 2.54. The number of halogens is 1. The Morgan fingerprint density at radius 3 is 2.54 bits per heavy atom. The minimum Gasteiger partial charge on any atom is -0.371 e. The second-order valence-electron chi connectivity index (χ2n) is 6.19. The van der Waals surface area contributed by atoms with Crippen LogP contribution in [0.4, 0.5) is 10.1 Å². The SMILES string of the molecule is NCc1ccc(C(=O)NCC2CCN(c3ccc(F)cc3)C2)cc1. The summed E-state index contributed by atoms with van der Waals surface area (Å²) in [5.74, 6) is 0.128. The molecule has 2 aromatic rings. The van der Waals surface area contributed by atoms with Crippen LogP contribution < -0.4 is 16.0 Å². The first kappa shape index (κ1) is 16.5. The molecule has 1 aliphatic heterocycles. The van der Waals surface area contributed by atoms with Crippen molar-refractivity contribution in [1.29, 1.82) is 0 Å². The Balaban J connectivity index is 1.50. The van der Waals surface area contributed by atoms with Crippen LogP contribution in [0.3, 0.4) is 0 Å². The summed E-state index contributed by atoms with van der Waals surface area (Å²) in [7, 11) is 0. The molecule has 3 N–H and O–H groups in total. The number of anilines is 1. The van der Waals surface area contributed by atoms with Crippen molar-refractivity contribution in [2.24, 2.45) is 11.7 Å². The number of hydrogen-bond donors (Lipinski definition) is 2. The van der Waals surface area contributed by atoms with Gasteiger partial charge in [0.05, 0.1) is 0 Å². The highest BCUT2D eigenvalue weighted by Crippen LogP contribution is 2.23. The molecule has 1 atom stereocenters. The fourth-order valence-electron chi connectivity index (χ4n) is 3.02. The molecule has 4 nitrogen and oxygen atoms in total. The third-order valence-electron chi connectivity index (χ3n) is 4.48. The van der Waals surface area contributed by atoms with Gasteiger partial charge in [-0.2, -0.15) is 0 Å². The van der Waals surface area contributed by atoms with E-state index in [4.69, 9.17) is 5.73 Å². The molecule has 1 fully saturated rings. The normalized spacial score (nSPS) is 17.1. The van der Waals surface area contributed by atoms with Gasteiger partial charge in [0.1, 0.15) is 5.82 Å². The minimum atomic E-state index is -0.220. The molecule has 1 saturated heterocycles. The van der Waals surface area contributed by atoms with Crippen molar-refractivity contribution in [2.45, 2.75) is 13.0 Å². The van der Waals surface area contributed by atoms with Crippen LogP contribution in [0.25, 0.3) is 0 Å². The van der Waals surface area contributed by atoms with Crippen LogP contribution in [-0.4, -0.2) is 25.5 Å². The number of carbonyl (C=O) groups excluding carboxylic acids is 1. The minimum absolute atomic E-state index is 0.0567. The van der Waals surface area contributed by atoms with Crippen molar-refractivity contribution in [3.63, 3.8) is 0 Å². The quantitative estimate of drug-likeness (QED) is 0.887. The zero-order valence-electron chi connectivity index (χ0n) is 13.5. The third kappa shape index (κ3) is 3.92.